The van der Waals surface area contributed by atoms with E-state index in [4.69, 9.17) is 5.73 Å². The second-order valence-electron chi connectivity index (χ2n) is 5.52. The van der Waals surface area contributed by atoms with Gasteiger partial charge in [0.05, 0.1) is 5.54 Å². The summed E-state index contributed by atoms with van der Waals surface area (Å²) < 4.78 is 0. The second-order valence-corrected chi connectivity index (χ2v) is 5.52. The molecule has 1 aromatic carbocycles. The quantitative estimate of drug-likeness (QED) is 0.896. The molecule has 1 amide bonds. The number of rotatable bonds is 3. The van der Waals surface area contributed by atoms with Gasteiger partial charge in [0.1, 0.15) is 0 Å². The van der Waals surface area contributed by atoms with Gasteiger partial charge in [0.25, 0.3) is 5.91 Å². The fraction of sp³-hybridized carbons (Fsp3) is 0.533. The van der Waals surface area contributed by atoms with Gasteiger partial charge in [0, 0.05) is 12.1 Å². The summed E-state index contributed by atoms with van der Waals surface area (Å²) in [5.74, 6) is 0.00847. The van der Waals surface area contributed by atoms with Crippen molar-refractivity contribution in [3.63, 3.8) is 0 Å². The van der Waals surface area contributed by atoms with Gasteiger partial charge >= 0.3 is 0 Å². The van der Waals surface area contributed by atoms with Crippen molar-refractivity contribution in [3.8, 4) is 0 Å². The van der Waals surface area contributed by atoms with E-state index in [2.05, 4.69) is 11.4 Å². The van der Waals surface area contributed by atoms with Gasteiger partial charge in [0.2, 0.25) is 0 Å². The Balaban J connectivity index is 0.00000180. The summed E-state index contributed by atoms with van der Waals surface area (Å²) in [5, 5.41) is 3.15. The first-order valence-electron chi connectivity index (χ1n) is 6.66. The predicted molar refractivity (Wildman–Crippen MR) is 80.9 cm³/mol. The smallest absolute Gasteiger partial charge is 0.251 e. The molecular formula is C15H23ClN2O. The lowest BCUT2D eigenvalue weighted by molar-refractivity contribution is 0.0903. The Morgan fingerprint density at radius 2 is 1.74 bits per heavy atom. The molecular weight excluding hydrogens is 260 g/mol. The van der Waals surface area contributed by atoms with Gasteiger partial charge in [0.15, 0.2) is 0 Å². The molecule has 0 unspecified atom stereocenters. The zero-order chi connectivity index (χ0) is 13.2. The summed E-state index contributed by atoms with van der Waals surface area (Å²) in [7, 11) is 0. The van der Waals surface area contributed by atoms with Crippen molar-refractivity contribution in [2.45, 2.75) is 45.1 Å². The highest BCUT2D eigenvalue weighted by Gasteiger charge is 2.34. The molecule has 0 aliphatic heterocycles. The van der Waals surface area contributed by atoms with Gasteiger partial charge in [-0.15, -0.1) is 12.4 Å². The van der Waals surface area contributed by atoms with E-state index in [1.54, 1.807) is 0 Å². The molecule has 0 bridgehead atoms. The van der Waals surface area contributed by atoms with Crippen molar-refractivity contribution in [1.82, 2.24) is 5.32 Å². The molecule has 3 N–H and O–H groups in total. The van der Waals surface area contributed by atoms with E-state index in [1.165, 1.54) is 0 Å². The Kier molecular flexibility index (Phi) is 5.39. The normalized spacial score (nSPS) is 16.8. The molecule has 0 saturated heterocycles. The third-order valence-corrected chi connectivity index (χ3v) is 3.81. The molecule has 1 fully saturated rings. The Labute approximate surface area is 121 Å². The summed E-state index contributed by atoms with van der Waals surface area (Å²) in [4.78, 5) is 12.3. The zero-order valence-corrected chi connectivity index (χ0v) is 12.5. The number of aryl methyl sites for hydroxylation is 2. The van der Waals surface area contributed by atoms with Crippen LogP contribution in [0.5, 0.6) is 0 Å². The zero-order valence-electron chi connectivity index (χ0n) is 11.7. The molecule has 1 saturated carbocycles. The van der Waals surface area contributed by atoms with Crippen molar-refractivity contribution in [2.75, 3.05) is 6.54 Å². The van der Waals surface area contributed by atoms with Gasteiger partial charge < -0.3 is 11.1 Å². The number of hydrogen-bond donors (Lipinski definition) is 2. The van der Waals surface area contributed by atoms with Crippen molar-refractivity contribution >= 4 is 18.3 Å². The lowest BCUT2D eigenvalue weighted by Crippen LogP contribution is -2.51. The van der Waals surface area contributed by atoms with Gasteiger partial charge in [-0.1, -0.05) is 30.0 Å². The number of halogens is 1. The van der Waals surface area contributed by atoms with Crippen LogP contribution in [0.15, 0.2) is 18.2 Å². The van der Waals surface area contributed by atoms with Crippen LogP contribution in [-0.4, -0.2) is 18.0 Å². The fourth-order valence-corrected chi connectivity index (χ4v) is 2.85. The third kappa shape index (κ3) is 3.71. The van der Waals surface area contributed by atoms with Crippen molar-refractivity contribution in [1.29, 1.82) is 0 Å². The molecule has 0 radical (unpaired) electrons. The molecule has 0 spiro atoms. The van der Waals surface area contributed by atoms with E-state index in [0.717, 1.165) is 42.4 Å². The first kappa shape index (κ1) is 16.0. The SMILES string of the molecule is Cc1cc(C)cc(C(=O)NC2(CN)CCCC2)c1.Cl. The summed E-state index contributed by atoms with van der Waals surface area (Å²) in [6, 6.07) is 5.94. The van der Waals surface area contributed by atoms with Gasteiger partial charge in [-0.05, 0) is 38.8 Å². The number of amides is 1. The third-order valence-electron chi connectivity index (χ3n) is 3.81. The molecule has 106 valence electrons. The number of carbonyl (C=O) groups excluding carboxylic acids is 1. The van der Waals surface area contributed by atoms with E-state index in [1.807, 2.05) is 26.0 Å². The van der Waals surface area contributed by atoms with Crippen LogP contribution in [0.3, 0.4) is 0 Å². The number of nitrogens with one attached hydrogen (secondary N) is 1. The molecule has 1 aliphatic rings. The van der Waals surface area contributed by atoms with Gasteiger partial charge in [-0.2, -0.15) is 0 Å². The monoisotopic (exact) mass is 282 g/mol. The largest absolute Gasteiger partial charge is 0.345 e. The number of benzene rings is 1. The number of carbonyl (C=O) groups is 1. The van der Waals surface area contributed by atoms with Crippen LogP contribution in [0.2, 0.25) is 0 Å². The molecule has 4 heteroatoms. The van der Waals surface area contributed by atoms with E-state index in [9.17, 15) is 4.79 Å². The van der Waals surface area contributed by atoms with Crippen molar-refractivity contribution < 1.29 is 4.79 Å². The van der Waals surface area contributed by atoms with E-state index >= 15 is 0 Å². The molecule has 2 rings (SSSR count). The van der Waals surface area contributed by atoms with E-state index < -0.39 is 0 Å². The van der Waals surface area contributed by atoms with Gasteiger partial charge in [-0.25, -0.2) is 0 Å². The van der Waals surface area contributed by atoms with Crippen molar-refractivity contribution in [3.05, 3.63) is 34.9 Å². The van der Waals surface area contributed by atoms with Crippen LogP contribution in [-0.2, 0) is 0 Å². The maximum atomic E-state index is 12.3. The highest BCUT2D eigenvalue weighted by Crippen LogP contribution is 2.29. The Hall–Kier alpha value is -1.06. The Morgan fingerprint density at radius 3 is 2.21 bits per heavy atom. The van der Waals surface area contributed by atoms with Crippen LogP contribution >= 0.6 is 12.4 Å². The minimum absolute atomic E-state index is 0. The molecule has 1 aliphatic carbocycles. The first-order chi connectivity index (χ1) is 8.54. The lowest BCUT2D eigenvalue weighted by atomic mass is 9.96. The fourth-order valence-electron chi connectivity index (χ4n) is 2.85. The molecule has 1 aromatic rings. The molecule has 19 heavy (non-hydrogen) atoms. The molecule has 3 nitrogen and oxygen atoms in total. The van der Waals surface area contributed by atoms with Crippen molar-refractivity contribution in [2.24, 2.45) is 5.73 Å². The van der Waals surface area contributed by atoms with E-state index in [0.29, 0.717) is 6.54 Å². The lowest BCUT2D eigenvalue weighted by Gasteiger charge is -2.28. The minimum Gasteiger partial charge on any atom is -0.345 e. The van der Waals surface area contributed by atoms with E-state index in [-0.39, 0.29) is 23.9 Å². The summed E-state index contributed by atoms with van der Waals surface area (Å²) in [6.45, 7) is 4.56. The Morgan fingerprint density at radius 1 is 1.21 bits per heavy atom. The summed E-state index contributed by atoms with van der Waals surface area (Å²) in [6.07, 6.45) is 4.31. The molecule has 0 heterocycles. The number of nitrogens with two attached hydrogens (primary N) is 1. The second kappa shape index (κ2) is 6.40. The Bertz CT molecular complexity index is 433. The van der Waals surface area contributed by atoms with Gasteiger partial charge in [-0.3, -0.25) is 4.79 Å². The highest BCUT2D eigenvalue weighted by atomic mass is 35.5. The van der Waals surface area contributed by atoms with Crippen LogP contribution in [0.1, 0.15) is 47.2 Å². The van der Waals surface area contributed by atoms with Crippen LogP contribution < -0.4 is 11.1 Å². The van der Waals surface area contributed by atoms with Crippen LogP contribution in [0, 0.1) is 13.8 Å². The van der Waals surface area contributed by atoms with Crippen LogP contribution in [0.25, 0.3) is 0 Å². The highest BCUT2D eigenvalue weighted by molar-refractivity contribution is 5.95. The topological polar surface area (TPSA) is 55.1 Å². The summed E-state index contributed by atoms with van der Waals surface area (Å²) in [5.41, 5.74) is 8.65. The first-order valence-corrected chi connectivity index (χ1v) is 6.66. The maximum Gasteiger partial charge on any atom is 0.251 e. The average Bonchev–Trinajstić information content (AvgIpc) is 2.77. The summed E-state index contributed by atoms with van der Waals surface area (Å²) >= 11 is 0. The minimum atomic E-state index is -0.172. The van der Waals surface area contributed by atoms with Crippen LogP contribution in [0.4, 0.5) is 0 Å². The average molecular weight is 283 g/mol. The standard InChI is InChI=1S/C15H22N2O.ClH/c1-11-7-12(2)9-13(8-11)14(18)17-15(10-16)5-3-4-6-15;/h7-9H,3-6,10,16H2,1-2H3,(H,17,18);1H. The predicted octanol–water partition coefficient (Wildman–Crippen LogP) is 2.73. The number of hydrogen-bond acceptors (Lipinski definition) is 2. The molecule has 0 atom stereocenters. The molecule has 0 aromatic heterocycles. The maximum absolute atomic E-state index is 12.3.